The van der Waals surface area contributed by atoms with Crippen LogP contribution in [-0.4, -0.2) is 43.1 Å². The minimum atomic E-state index is -0.248. The highest BCUT2D eigenvalue weighted by Gasteiger charge is 2.22. The molecule has 0 aromatic carbocycles. The fourth-order valence-electron chi connectivity index (χ4n) is 2.43. The fourth-order valence-corrected chi connectivity index (χ4v) is 2.43. The fraction of sp³-hybridized carbons (Fsp3) is 0.833. The van der Waals surface area contributed by atoms with Crippen molar-refractivity contribution in [3.8, 4) is 0 Å². The summed E-state index contributed by atoms with van der Waals surface area (Å²) in [6.07, 6.45) is 5.29. The van der Waals surface area contributed by atoms with Crippen LogP contribution in [0.2, 0.25) is 0 Å². The molecule has 0 unspecified atom stereocenters. The standard InChI is InChI=1S/C12H21N3O3/c16-11(10-4-2-1-3-5-10)13-14-12(17)15-6-8-18-9-7-15/h10H,1-9H2,(H,13,16)(H,14,17). The summed E-state index contributed by atoms with van der Waals surface area (Å²) < 4.78 is 5.16. The van der Waals surface area contributed by atoms with Gasteiger partial charge in [0.05, 0.1) is 13.2 Å². The van der Waals surface area contributed by atoms with Crippen molar-refractivity contribution in [2.45, 2.75) is 32.1 Å². The number of hydrazine groups is 1. The molecule has 0 radical (unpaired) electrons. The molecule has 18 heavy (non-hydrogen) atoms. The van der Waals surface area contributed by atoms with Gasteiger partial charge in [-0.1, -0.05) is 19.3 Å². The molecule has 2 fully saturated rings. The van der Waals surface area contributed by atoms with Crippen LogP contribution in [0.1, 0.15) is 32.1 Å². The lowest BCUT2D eigenvalue weighted by molar-refractivity contribution is -0.126. The summed E-state index contributed by atoms with van der Waals surface area (Å²) in [5, 5.41) is 0. The number of nitrogens with one attached hydrogen (secondary N) is 2. The molecule has 0 aromatic rings. The Labute approximate surface area is 107 Å². The number of ether oxygens (including phenoxy) is 1. The number of hydrogen-bond acceptors (Lipinski definition) is 3. The SMILES string of the molecule is O=C(NNC(=O)N1CCOCC1)C1CCCCC1. The van der Waals surface area contributed by atoms with E-state index in [0.717, 1.165) is 25.7 Å². The summed E-state index contributed by atoms with van der Waals surface area (Å²) >= 11 is 0. The van der Waals surface area contributed by atoms with Gasteiger partial charge in [-0.3, -0.25) is 10.2 Å². The van der Waals surface area contributed by atoms with E-state index in [1.807, 2.05) is 0 Å². The second-order valence-electron chi connectivity index (χ2n) is 4.85. The second-order valence-corrected chi connectivity index (χ2v) is 4.85. The maximum Gasteiger partial charge on any atom is 0.336 e. The monoisotopic (exact) mass is 255 g/mol. The van der Waals surface area contributed by atoms with E-state index in [2.05, 4.69) is 10.9 Å². The van der Waals surface area contributed by atoms with E-state index in [9.17, 15) is 9.59 Å². The van der Waals surface area contributed by atoms with Crippen molar-refractivity contribution in [3.63, 3.8) is 0 Å². The number of amides is 3. The molecule has 6 heteroatoms. The number of morpholine rings is 1. The van der Waals surface area contributed by atoms with Gasteiger partial charge in [0, 0.05) is 19.0 Å². The Morgan fingerprint density at radius 2 is 1.67 bits per heavy atom. The molecule has 102 valence electrons. The average Bonchev–Trinajstić information content (AvgIpc) is 2.46. The molecule has 0 atom stereocenters. The molecule has 0 spiro atoms. The Morgan fingerprint density at radius 3 is 2.33 bits per heavy atom. The first-order chi connectivity index (χ1) is 8.77. The molecule has 6 nitrogen and oxygen atoms in total. The van der Waals surface area contributed by atoms with E-state index < -0.39 is 0 Å². The summed E-state index contributed by atoms with van der Waals surface area (Å²) in [5.74, 6) is 0.0000450. The summed E-state index contributed by atoms with van der Waals surface area (Å²) in [7, 11) is 0. The van der Waals surface area contributed by atoms with Crippen molar-refractivity contribution >= 4 is 11.9 Å². The lowest BCUT2D eigenvalue weighted by Crippen LogP contribution is -2.53. The summed E-state index contributed by atoms with van der Waals surface area (Å²) in [5.41, 5.74) is 5.01. The molecule has 0 bridgehead atoms. The van der Waals surface area contributed by atoms with Gasteiger partial charge in [0.1, 0.15) is 0 Å². The summed E-state index contributed by atoms with van der Waals surface area (Å²) in [4.78, 5) is 25.2. The lowest BCUT2D eigenvalue weighted by atomic mass is 9.89. The first-order valence-electron chi connectivity index (χ1n) is 6.70. The largest absolute Gasteiger partial charge is 0.378 e. The number of rotatable bonds is 1. The van der Waals surface area contributed by atoms with Crippen molar-refractivity contribution in [2.24, 2.45) is 5.92 Å². The molecular formula is C12H21N3O3. The van der Waals surface area contributed by atoms with Crippen molar-refractivity contribution in [1.29, 1.82) is 0 Å². The third-order valence-electron chi connectivity index (χ3n) is 3.57. The first kappa shape index (κ1) is 13.1. The molecule has 2 rings (SSSR count). The van der Waals surface area contributed by atoms with Crippen molar-refractivity contribution in [2.75, 3.05) is 26.3 Å². The van der Waals surface area contributed by atoms with E-state index in [1.165, 1.54) is 6.42 Å². The van der Waals surface area contributed by atoms with Gasteiger partial charge in [-0.15, -0.1) is 0 Å². The Bertz CT molecular complexity index is 267. The number of carbonyl (C=O) groups excluding carboxylic acids is 2. The first-order valence-corrected chi connectivity index (χ1v) is 6.70. The molecule has 2 N–H and O–H groups in total. The van der Waals surface area contributed by atoms with Gasteiger partial charge in [-0.25, -0.2) is 10.2 Å². The average molecular weight is 255 g/mol. The van der Waals surface area contributed by atoms with Crippen LogP contribution < -0.4 is 10.9 Å². The number of nitrogens with zero attached hydrogens (tertiary/aromatic N) is 1. The highest BCUT2D eigenvalue weighted by atomic mass is 16.5. The van der Waals surface area contributed by atoms with E-state index >= 15 is 0 Å². The molecular weight excluding hydrogens is 234 g/mol. The normalized spacial score (nSPS) is 21.4. The Kier molecular flexibility index (Phi) is 4.81. The second kappa shape index (κ2) is 6.58. The zero-order chi connectivity index (χ0) is 12.8. The van der Waals surface area contributed by atoms with Crippen LogP contribution in [0.5, 0.6) is 0 Å². The van der Waals surface area contributed by atoms with E-state index in [0.29, 0.717) is 26.3 Å². The number of carbonyl (C=O) groups is 2. The van der Waals surface area contributed by atoms with Gasteiger partial charge in [-0.05, 0) is 12.8 Å². The van der Waals surface area contributed by atoms with E-state index in [1.54, 1.807) is 4.90 Å². The Balaban J connectivity index is 1.69. The zero-order valence-electron chi connectivity index (χ0n) is 10.6. The smallest absolute Gasteiger partial charge is 0.336 e. The topological polar surface area (TPSA) is 70.7 Å². The molecule has 1 aliphatic carbocycles. The van der Waals surface area contributed by atoms with Crippen LogP contribution in [0.4, 0.5) is 4.79 Å². The highest BCUT2D eigenvalue weighted by molar-refractivity contribution is 5.82. The number of hydrogen-bond donors (Lipinski definition) is 2. The molecule has 3 amide bonds. The van der Waals surface area contributed by atoms with Gasteiger partial charge < -0.3 is 9.64 Å². The lowest BCUT2D eigenvalue weighted by Gasteiger charge is -2.27. The molecule has 1 saturated heterocycles. The zero-order valence-corrected chi connectivity index (χ0v) is 10.6. The predicted octanol–water partition coefficient (Wildman–Crippen LogP) is 0.640. The Hall–Kier alpha value is -1.30. The van der Waals surface area contributed by atoms with Crippen LogP contribution in [0.25, 0.3) is 0 Å². The minimum Gasteiger partial charge on any atom is -0.378 e. The predicted molar refractivity (Wildman–Crippen MR) is 65.6 cm³/mol. The van der Waals surface area contributed by atoms with Crippen LogP contribution >= 0.6 is 0 Å². The van der Waals surface area contributed by atoms with E-state index in [-0.39, 0.29) is 17.9 Å². The third kappa shape index (κ3) is 3.60. The number of urea groups is 1. The summed E-state index contributed by atoms with van der Waals surface area (Å²) in [6, 6.07) is -0.248. The van der Waals surface area contributed by atoms with Crippen LogP contribution in [0.3, 0.4) is 0 Å². The van der Waals surface area contributed by atoms with E-state index in [4.69, 9.17) is 4.74 Å². The van der Waals surface area contributed by atoms with Gasteiger partial charge in [0.15, 0.2) is 0 Å². The van der Waals surface area contributed by atoms with Gasteiger partial charge in [0.2, 0.25) is 5.91 Å². The molecule has 1 aliphatic heterocycles. The highest BCUT2D eigenvalue weighted by Crippen LogP contribution is 2.23. The molecule has 2 aliphatic rings. The quantitative estimate of drug-likeness (QED) is 0.675. The summed E-state index contributed by atoms with van der Waals surface area (Å²) in [6.45, 7) is 2.27. The van der Waals surface area contributed by atoms with Crippen molar-refractivity contribution < 1.29 is 14.3 Å². The molecule has 1 saturated carbocycles. The van der Waals surface area contributed by atoms with Crippen molar-refractivity contribution in [1.82, 2.24) is 15.8 Å². The maximum atomic E-state index is 11.8. The van der Waals surface area contributed by atoms with Crippen LogP contribution in [0, 0.1) is 5.92 Å². The van der Waals surface area contributed by atoms with Crippen LogP contribution in [0.15, 0.2) is 0 Å². The molecule has 0 aromatic heterocycles. The van der Waals surface area contributed by atoms with Gasteiger partial charge in [0.25, 0.3) is 0 Å². The third-order valence-corrected chi connectivity index (χ3v) is 3.57. The molecule has 1 heterocycles. The van der Waals surface area contributed by atoms with Gasteiger partial charge in [-0.2, -0.15) is 0 Å². The Morgan fingerprint density at radius 1 is 1.00 bits per heavy atom. The van der Waals surface area contributed by atoms with Crippen LogP contribution in [-0.2, 0) is 9.53 Å². The maximum absolute atomic E-state index is 11.8. The van der Waals surface area contributed by atoms with Crippen molar-refractivity contribution in [3.05, 3.63) is 0 Å². The van der Waals surface area contributed by atoms with Gasteiger partial charge >= 0.3 is 6.03 Å². The minimum absolute atomic E-state index is 0.0590.